The summed E-state index contributed by atoms with van der Waals surface area (Å²) in [6.45, 7) is 9.20. The van der Waals surface area contributed by atoms with Gasteiger partial charge in [-0.3, -0.25) is 9.59 Å². The third-order valence-corrected chi connectivity index (χ3v) is 7.63. The standard InChI is InChI=1S/C32H38FN3O4/c1-4-32(19-29(37)36(21-32)26-9-7-8-24(18-26)31(34)38)14-15-35-20-22-16-27(39-5-2)30(28(17-22)40-6-3)23-10-12-25(33)13-11-23/h7-13,16-18,35H,4-6,14-15,19-21H2,1-3H3,(H2,34,38)/p+1. The van der Waals surface area contributed by atoms with Gasteiger partial charge in [-0.25, -0.2) is 4.39 Å². The number of rotatable bonds is 13. The smallest absolute Gasteiger partial charge is 0.248 e. The van der Waals surface area contributed by atoms with Gasteiger partial charge in [-0.1, -0.05) is 25.1 Å². The molecular weight excluding hydrogens is 509 g/mol. The molecule has 0 bridgehead atoms. The molecule has 7 nitrogen and oxygen atoms in total. The van der Waals surface area contributed by atoms with E-state index in [0.29, 0.717) is 48.9 Å². The maximum Gasteiger partial charge on any atom is 0.248 e. The molecule has 4 N–H and O–H groups in total. The molecule has 0 spiro atoms. The molecule has 1 aliphatic heterocycles. The van der Waals surface area contributed by atoms with Gasteiger partial charge in [0.15, 0.2) is 0 Å². The molecule has 0 radical (unpaired) electrons. The molecule has 1 heterocycles. The molecule has 0 aromatic heterocycles. The Hall–Kier alpha value is -3.91. The van der Waals surface area contributed by atoms with Crippen LogP contribution in [0.1, 0.15) is 56.0 Å². The maximum absolute atomic E-state index is 13.6. The van der Waals surface area contributed by atoms with Crippen LogP contribution in [0.4, 0.5) is 10.1 Å². The number of benzene rings is 3. The van der Waals surface area contributed by atoms with E-state index in [-0.39, 0.29) is 17.1 Å². The van der Waals surface area contributed by atoms with Crippen molar-refractivity contribution in [2.75, 3.05) is 31.2 Å². The van der Waals surface area contributed by atoms with Gasteiger partial charge in [-0.2, -0.15) is 0 Å². The van der Waals surface area contributed by atoms with Crippen molar-refractivity contribution < 1.29 is 28.8 Å². The zero-order valence-corrected chi connectivity index (χ0v) is 23.5. The molecular formula is C32H39FN3O4+. The van der Waals surface area contributed by atoms with Crippen LogP contribution in [0, 0.1) is 11.2 Å². The quantitative estimate of drug-likeness (QED) is 0.303. The minimum atomic E-state index is -0.504. The number of anilines is 1. The summed E-state index contributed by atoms with van der Waals surface area (Å²) in [5, 5.41) is 2.25. The highest BCUT2D eigenvalue weighted by Crippen LogP contribution is 2.41. The zero-order valence-electron chi connectivity index (χ0n) is 23.5. The fourth-order valence-corrected chi connectivity index (χ4v) is 5.42. The molecule has 2 amide bonds. The summed E-state index contributed by atoms with van der Waals surface area (Å²) < 4.78 is 25.6. The molecule has 3 aromatic carbocycles. The molecule has 1 unspecified atom stereocenters. The highest BCUT2D eigenvalue weighted by Gasteiger charge is 2.42. The molecule has 1 aliphatic rings. The Morgan fingerprint density at radius 3 is 2.30 bits per heavy atom. The number of primary amides is 1. The summed E-state index contributed by atoms with van der Waals surface area (Å²) in [4.78, 5) is 26.4. The van der Waals surface area contributed by atoms with E-state index in [2.05, 4.69) is 12.2 Å². The number of amides is 2. The van der Waals surface area contributed by atoms with Gasteiger partial charge in [-0.15, -0.1) is 0 Å². The summed E-state index contributed by atoms with van der Waals surface area (Å²) in [6, 6.07) is 17.4. The highest BCUT2D eigenvalue weighted by atomic mass is 19.1. The van der Waals surface area contributed by atoms with Gasteiger partial charge < -0.3 is 25.4 Å². The van der Waals surface area contributed by atoms with Crippen molar-refractivity contribution >= 4 is 17.5 Å². The summed E-state index contributed by atoms with van der Waals surface area (Å²) >= 11 is 0. The van der Waals surface area contributed by atoms with Gasteiger partial charge in [0.25, 0.3) is 0 Å². The minimum Gasteiger partial charge on any atom is -0.493 e. The Kier molecular flexibility index (Phi) is 9.42. The summed E-state index contributed by atoms with van der Waals surface area (Å²) in [5.74, 6) is 0.701. The first-order valence-corrected chi connectivity index (χ1v) is 14.0. The van der Waals surface area contributed by atoms with Crippen molar-refractivity contribution in [3.05, 3.63) is 77.6 Å². The average molecular weight is 549 g/mol. The van der Waals surface area contributed by atoms with Crippen molar-refractivity contribution in [1.82, 2.24) is 0 Å². The highest BCUT2D eigenvalue weighted by molar-refractivity contribution is 5.99. The van der Waals surface area contributed by atoms with Crippen LogP contribution in [0.25, 0.3) is 11.1 Å². The topological polar surface area (TPSA) is 98.5 Å². The van der Waals surface area contributed by atoms with Crippen molar-refractivity contribution in [2.45, 2.75) is 46.6 Å². The Labute approximate surface area is 235 Å². The molecule has 1 atom stereocenters. The van der Waals surface area contributed by atoms with Gasteiger partial charge in [-0.05, 0) is 68.3 Å². The summed E-state index contributed by atoms with van der Waals surface area (Å²) in [6.07, 6.45) is 2.24. The molecule has 1 fully saturated rings. The van der Waals surface area contributed by atoms with Crippen LogP contribution >= 0.6 is 0 Å². The minimum absolute atomic E-state index is 0.0718. The van der Waals surface area contributed by atoms with Gasteiger partial charge in [0.05, 0.1) is 25.3 Å². The van der Waals surface area contributed by atoms with Crippen LogP contribution in [0.2, 0.25) is 0 Å². The predicted octanol–water partition coefficient (Wildman–Crippen LogP) is 4.68. The molecule has 1 saturated heterocycles. The third kappa shape index (κ3) is 6.62. The predicted molar refractivity (Wildman–Crippen MR) is 154 cm³/mol. The zero-order chi connectivity index (χ0) is 28.7. The second kappa shape index (κ2) is 13.0. The number of hydrogen-bond acceptors (Lipinski definition) is 4. The van der Waals surface area contributed by atoms with E-state index in [9.17, 15) is 14.0 Å². The van der Waals surface area contributed by atoms with E-state index in [4.69, 9.17) is 15.2 Å². The Morgan fingerprint density at radius 1 is 1.02 bits per heavy atom. The van der Waals surface area contributed by atoms with E-state index in [1.165, 1.54) is 12.1 Å². The van der Waals surface area contributed by atoms with Crippen LogP contribution < -0.4 is 25.4 Å². The van der Waals surface area contributed by atoms with Crippen LogP contribution in [0.15, 0.2) is 60.7 Å². The first-order valence-electron chi connectivity index (χ1n) is 14.0. The molecule has 0 saturated carbocycles. The fraction of sp³-hybridized carbons (Fsp3) is 0.375. The van der Waals surface area contributed by atoms with Crippen molar-refractivity contribution in [2.24, 2.45) is 11.1 Å². The van der Waals surface area contributed by atoms with Crippen LogP contribution in [-0.4, -0.2) is 38.1 Å². The Bertz CT molecular complexity index is 1320. The van der Waals surface area contributed by atoms with Crippen molar-refractivity contribution in [3.8, 4) is 22.6 Å². The van der Waals surface area contributed by atoms with E-state index in [1.807, 2.05) is 32.0 Å². The number of carbonyl (C=O) groups excluding carboxylic acids is 2. The second-order valence-corrected chi connectivity index (χ2v) is 10.3. The summed E-state index contributed by atoms with van der Waals surface area (Å²) in [5.41, 5.74) is 9.16. The SMILES string of the molecule is CCOc1cc(C[NH2+]CCC2(CC)CC(=O)N(c3cccc(C(N)=O)c3)C2)cc(OCC)c1-c1ccc(F)cc1. The van der Waals surface area contributed by atoms with Crippen LogP contribution in [0.3, 0.4) is 0 Å². The number of carbonyl (C=O) groups is 2. The number of ether oxygens (including phenoxy) is 2. The number of quaternary nitrogens is 1. The maximum atomic E-state index is 13.6. The summed E-state index contributed by atoms with van der Waals surface area (Å²) in [7, 11) is 0. The second-order valence-electron chi connectivity index (χ2n) is 10.3. The molecule has 8 heteroatoms. The first kappa shape index (κ1) is 29.1. The van der Waals surface area contributed by atoms with Gasteiger partial charge >= 0.3 is 0 Å². The van der Waals surface area contributed by atoms with E-state index in [1.54, 1.807) is 35.2 Å². The fourth-order valence-electron chi connectivity index (χ4n) is 5.42. The molecule has 4 rings (SSSR count). The van der Waals surface area contributed by atoms with Gasteiger partial charge in [0.1, 0.15) is 23.9 Å². The first-order chi connectivity index (χ1) is 19.3. The molecule has 0 aliphatic carbocycles. The van der Waals surface area contributed by atoms with Crippen LogP contribution in [-0.2, 0) is 11.3 Å². The molecule has 3 aromatic rings. The third-order valence-electron chi connectivity index (χ3n) is 7.63. The number of nitrogens with two attached hydrogens (primary N) is 2. The largest absolute Gasteiger partial charge is 0.493 e. The number of halogens is 1. The van der Waals surface area contributed by atoms with E-state index >= 15 is 0 Å². The molecule has 40 heavy (non-hydrogen) atoms. The Balaban J connectivity index is 1.45. The average Bonchev–Trinajstić information content (AvgIpc) is 3.29. The monoisotopic (exact) mass is 548 g/mol. The lowest BCUT2D eigenvalue weighted by Crippen LogP contribution is -2.83. The van der Waals surface area contributed by atoms with Gasteiger partial charge in [0, 0.05) is 41.6 Å². The lowest BCUT2D eigenvalue weighted by atomic mass is 9.81. The van der Waals surface area contributed by atoms with E-state index in [0.717, 1.165) is 42.6 Å². The molecule has 212 valence electrons. The van der Waals surface area contributed by atoms with E-state index < -0.39 is 5.91 Å². The van der Waals surface area contributed by atoms with Crippen LogP contribution in [0.5, 0.6) is 11.5 Å². The Morgan fingerprint density at radius 2 is 1.70 bits per heavy atom. The van der Waals surface area contributed by atoms with Crippen molar-refractivity contribution in [3.63, 3.8) is 0 Å². The van der Waals surface area contributed by atoms with Gasteiger partial charge in [0.2, 0.25) is 11.8 Å². The van der Waals surface area contributed by atoms with Crippen molar-refractivity contribution in [1.29, 1.82) is 0 Å². The number of hydrogen-bond donors (Lipinski definition) is 2. The lowest BCUT2D eigenvalue weighted by molar-refractivity contribution is -0.672. The number of nitrogens with zero attached hydrogens (tertiary/aromatic N) is 1. The normalized spacial score (nSPS) is 16.8. The lowest BCUT2D eigenvalue weighted by Gasteiger charge is -2.27.